The summed E-state index contributed by atoms with van der Waals surface area (Å²) < 4.78 is 0. The summed E-state index contributed by atoms with van der Waals surface area (Å²) in [6.07, 6.45) is 1.25. The van der Waals surface area contributed by atoms with Crippen molar-refractivity contribution in [2.75, 3.05) is 13.1 Å². The number of aliphatic hydroxyl groups excluding tert-OH is 1. The van der Waals surface area contributed by atoms with Crippen LogP contribution in [0.1, 0.15) is 22.5 Å². The Kier molecular flexibility index (Phi) is 3.29. The summed E-state index contributed by atoms with van der Waals surface area (Å²) in [5.41, 5.74) is 0. The molecule has 0 unspecified atom stereocenters. The number of hydrogen-bond donors (Lipinski definition) is 1. The number of halogens is 1. The Balaban J connectivity index is 2.11. The molecule has 1 saturated heterocycles. The normalized spacial score (nSPS) is 21.7. The number of hydrogen-bond acceptors (Lipinski definition) is 3. The fourth-order valence-corrected chi connectivity index (χ4v) is 2.83. The van der Waals surface area contributed by atoms with Crippen LogP contribution in [-0.2, 0) is 0 Å². The highest BCUT2D eigenvalue weighted by atomic mass is 35.5. The molecular weight excluding hydrogens is 234 g/mol. The molecule has 2 rings (SSSR count). The Bertz CT molecular complexity index is 366. The molecule has 0 spiro atoms. The van der Waals surface area contributed by atoms with Crippen molar-refractivity contribution >= 4 is 28.8 Å². The first-order valence-corrected chi connectivity index (χ1v) is 6.14. The van der Waals surface area contributed by atoms with E-state index in [2.05, 4.69) is 0 Å². The van der Waals surface area contributed by atoms with Crippen LogP contribution in [0.25, 0.3) is 0 Å². The highest BCUT2D eigenvalue weighted by Crippen LogP contribution is 2.24. The van der Waals surface area contributed by atoms with Crippen LogP contribution < -0.4 is 0 Å². The number of nitrogens with zero attached hydrogens (tertiary/aromatic N) is 1. The maximum Gasteiger partial charge on any atom is 0.265 e. The van der Waals surface area contributed by atoms with Crippen molar-refractivity contribution in [2.24, 2.45) is 0 Å². The third kappa shape index (κ3) is 2.33. The molecule has 1 aromatic heterocycles. The van der Waals surface area contributed by atoms with Crippen LogP contribution in [0.4, 0.5) is 0 Å². The minimum atomic E-state index is -0.388. The summed E-state index contributed by atoms with van der Waals surface area (Å²) >= 11 is 7.24. The molecule has 0 bridgehead atoms. The van der Waals surface area contributed by atoms with Crippen molar-refractivity contribution in [3.05, 3.63) is 21.3 Å². The number of piperidine rings is 1. The lowest BCUT2D eigenvalue weighted by atomic mass is 10.1. The standard InChI is InChI=1S/C10H12ClNO2S/c11-8-3-5-15-9(8)10(14)12-4-1-2-7(13)6-12/h3,5,7,13H,1-2,4,6H2/t7-/m0/s1. The summed E-state index contributed by atoms with van der Waals surface area (Å²) in [6, 6.07) is 1.72. The van der Waals surface area contributed by atoms with E-state index >= 15 is 0 Å². The van der Waals surface area contributed by atoms with Gasteiger partial charge in [-0.1, -0.05) is 11.6 Å². The summed E-state index contributed by atoms with van der Waals surface area (Å²) in [7, 11) is 0. The van der Waals surface area contributed by atoms with Crippen molar-refractivity contribution < 1.29 is 9.90 Å². The number of aliphatic hydroxyl groups is 1. The SMILES string of the molecule is O=C(c1sccc1Cl)N1CCC[C@H](O)C1. The van der Waals surface area contributed by atoms with Gasteiger partial charge in [0.2, 0.25) is 0 Å². The van der Waals surface area contributed by atoms with Gasteiger partial charge in [-0.3, -0.25) is 4.79 Å². The maximum atomic E-state index is 12.0. The van der Waals surface area contributed by atoms with E-state index in [-0.39, 0.29) is 12.0 Å². The number of carbonyl (C=O) groups excluding carboxylic acids is 1. The second kappa shape index (κ2) is 4.51. The molecule has 0 aromatic carbocycles. The van der Waals surface area contributed by atoms with Crippen LogP contribution in [0.3, 0.4) is 0 Å². The smallest absolute Gasteiger partial charge is 0.265 e. The third-order valence-electron chi connectivity index (χ3n) is 2.50. The summed E-state index contributed by atoms with van der Waals surface area (Å²) in [5, 5.41) is 11.8. The minimum absolute atomic E-state index is 0.0613. The van der Waals surface area contributed by atoms with Crippen molar-refractivity contribution in [3.63, 3.8) is 0 Å². The molecule has 0 radical (unpaired) electrons. The molecule has 2 heterocycles. The van der Waals surface area contributed by atoms with E-state index in [0.717, 1.165) is 12.8 Å². The zero-order valence-electron chi connectivity index (χ0n) is 8.15. The van der Waals surface area contributed by atoms with E-state index in [0.29, 0.717) is 23.0 Å². The second-order valence-corrected chi connectivity index (χ2v) is 4.97. The van der Waals surface area contributed by atoms with Crippen molar-refractivity contribution in [1.29, 1.82) is 0 Å². The Labute approximate surface area is 97.3 Å². The molecule has 1 atom stereocenters. The lowest BCUT2D eigenvalue weighted by molar-refractivity contribution is 0.0478. The van der Waals surface area contributed by atoms with Crippen LogP contribution in [0, 0.1) is 0 Å². The van der Waals surface area contributed by atoms with E-state index in [4.69, 9.17) is 11.6 Å². The Morgan fingerprint density at radius 1 is 1.67 bits per heavy atom. The largest absolute Gasteiger partial charge is 0.391 e. The van der Waals surface area contributed by atoms with Crippen LogP contribution in [-0.4, -0.2) is 35.1 Å². The molecule has 15 heavy (non-hydrogen) atoms. The van der Waals surface area contributed by atoms with Gasteiger partial charge in [0, 0.05) is 13.1 Å². The summed E-state index contributed by atoms with van der Waals surface area (Å²) in [6.45, 7) is 1.14. The Morgan fingerprint density at radius 3 is 3.07 bits per heavy atom. The zero-order valence-corrected chi connectivity index (χ0v) is 9.72. The first-order chi connectivity index (χ1) is 7.18. The van der Waals surface area contributed by atoms with Crippen molar-refractivity contribution in [2.45, 2.75) is 18.9 Å². The highest BCUT2D eigenvalue weighted by Gasteiger charge is 2.24. The second-order valence-electron chi connectivity index (χ2n) is 3.64. The predicted molar refractivity (Wildman–Crippen MR) is 60.5 cm³/mol. The van der Waals surface area contributed by atoms with Gasteiger partial charge in [-0.2, -0.15) is 0 Å². The van der Waals surface area contributed by atoms with Gasteiger partial charge in [-0.05, 0) is 24.3 Å². The van der Waals surface area contributed by atoms with E-state index in [1.165, 1.54) is 11.3 Å². The van der Waals surface area contributed by atoms with Gasteiger partial charge in [0.1, 0.15) is 4.88 Å². The minimum Gasteiger partial charge on any atom is -0.391 e. The van der Waals surface area contributed by atoms with Crippen LogP contribution in [0.5, 0.6) is 0 Å². The number of likely N-dealkylation sites (tertiary alicyclic amines) is 1. The number of amides is 1. The number of carbonyl (C=O) groups is 1. The van der Waals surface area contributed by atoms with Gasteiger partial charge in [0.25, 0.3) is 5.91 Å². The average Bonchev–Trinajstić information content (AvgIpc) is 2.63. The number of β-amino-alcohol motifs (C(OH)–C–C–N with tert-alkyl or cyclic N) is 1. The molecule has 5 heteroatoms. The number of thiophene rings is 1. The fraction of sp³-hybridized carbons (Fsp3) is 0.500. The molecule has 1 aliphatic rings. The molecule has 1 aliphatic heterocycles. The molecule has 0 aliphatic carbocycles. The third-order valence-corrected chi connectivity index (χ3v) is 3.82. The van der Waals surface area contributed by atoms with Crippen LogP contribution in [0.2, 0.25) is 5.02 Å². The lowest BCUT2D eigenvalue weighted by Gasteiger charge is -2.29. The Hall–Kier alpha value is -0.580. The van der Waals surface area contributed by atoms with Gasteiger partial charge in [0.15, 0.2) is 0 Å². The van der Waals surface area contributed by atoms with Gasteiger partial charge in [-0.15, -0.1) is 11.3 Å². The molecule has 1 fully saturated rings. The van der Waals surface area contributed by atoms with Crippen LogP contribution >= 0.6 is 22.9 Å². The first kappa shape index (κ1) is 10.9. The fourth-order valence-electron chi connectivity index (χ4n) is 1.73. The van der Waals surface area contributed by atoms with Crippen LogP contribution in [0.15, 0.2) is 11.4 Å². The molecular formula is C10H12ClNO2S. The quantitative estimate of drug-likeness (QED) is 0.822. The molecule has 1 aromatic rings. The maximum absolute atomic E-state index is 12.0. The van der Waals surface area contributed by atoms with Gasteiger partial charge in [0.05, 0.1) is 11.1 Å². The summed E-state index contributed by atoms with van der Waals surface area (Å²) in [4.78, 5) is 14.2. The first-order valence-electron chi connectivity index (χ1n) is 4.89. The van der Waals surface area contributed by atoms with E-state index < -0.39 is 0 Å². The lowest BCUT2D eigenvalue weighted by Crippen LogP contribution is -2.41. The predicted octanol–water partition coefficient (Wildman–Crippen LogP) is 2.00. The average molecular weight is 246 g/mol. The zero-order chi connectivity index (χ0) is 10.8. The van der Waals surface area contributed by atoms with Crippen molar-refractivity contribution in [1.82, 2.24) is 4.90 Å². The Morgan fingerprint density at radius 2 is 2.47 bits per heavy atom. The van der Waals surface area contributed by atoms with E-state index in [1.54, 1.807) is 16.3 Å². The van der Waals surface area contributed by atoms with Gasteiger partial charge in [-0.25, -0.2) is 0 Å². The highest BCUT2D eigenvalue weighted by molar-refractivity contribution is 7.12. The van der Waals surface area contributed by atoms with Gasteiger partial charge >= 0.3 is 0 Å². The van der Waals surface area contributed by atoms with E-state index in [9.17, 15) is 9.90 Å². The monoisotopic (exact) mass is 245 g/mol. The molecule has 82 valence electrons. The summed E-state index contributed by atoms with van der Waals surface area (Å²) in [5.74, 6) is -0.0613. The topological polar surface area (TPSA) is 40.5 Å². The van der Waals surface area contributed by atoms with Crippen molar-refractivity contribution in [3.8, 4) is 0 Å². The molecule has 1 N–H and O–H groups in total. The molecule has 3 nitrogen and oxygen atoms in total. The number of rotatable bonds is 1. The molecule has 1 amide bonds. The van der Waals surface area contributed by atoms with Gasteiger partial charge < -0.3 is 10.0 Å². The molecule has 0 saturated carbocycles. The van der Waals surface area contributed by atoms with E-state index in [1.807, 2.05) is 0 Å².